The maximum Gasteiger partial charge on any atom is 0.327 e. The van der Waals surface area contributed by atoms with E-state index >= 15 is 0 Å². The van der Waals surface area contributed by atoms with Gasteiger partial charge in [-0.1, -0.05) is 41.3 Å². The zero-order valence-electron chi connectivity index (χ0n) is 6.64. The number of thiazole rings is 1. The minimum absolute atomic E-state index is 0.126. The second-order valence-electron chi connectivity index (χ2n) is 2.37. The molecule has 0 fully saturated rings. The zero-order chi connectivity index (χ0) is 9.10. The summed E-state index contributed by atoms with van der Waals surface area (Å²) in [6.07, 6.45) is 0. The van der Waals surface area contributed by atoms with Gasteiger partial charge in [0.2, 0.25) is 0 Å². The molecule has 4 heteroatoms. The van der Waals surface area contributed by atoms with Gasteiger partial charge in [0.05, 0.1) is 0 Å². The summed E-state index contributed by atoms with van der Waals surface area (Å²) in [6, 6.07) is 9.88. The summed E-state index contributed by atoms with van der Waals surface area (Å²) in [4.78, 5) is 4.94. The fourth-order valence-corrected chi connectivity index (χ4v) is 2.36. The highest BCUT2D eigenvalue weighted by Crippen LogP contribution is 2.30. The maximum atomic E-state index is 10.8. The van der Waals surface area contributed by atoms with Crippen LogP contribution in [0.25, 0.3) is 0 Å². The molecule has 13 heavy (non-hydrogen) atoms. The number of hydrogen-bond acceptors (Lipinski definition) is 3. The van der Waals surface area contributed by atoms with Crippen LogP contribution in [0.4, 0.5) is 0 Å². The Kier molecular flexibility index (Phi) is 2.52. The minimum Gasteiger partial charge on any atom is -0.255 e. The van der Waals surface area contributed by atoms with E-state index in [2.05, 4.69) is 4.98 Å². The predicted molar refractivity (Wildman–Crippen MR) is 52.8 cm³/mol. The predicted octanol–water partition coefficient (Wildman–Crippen LogP) is 3.44. The van der Waals surface area contributed by atoms with Crippen LogP contribution in [0.15, 0.2) is 45.6 Å². The first kappa shape index (κ1) is 8.59. The molecular weight excluding hydrogens is 202 g/mol. The molecule has 0 aliphatic heterocycles. The molecule has 0 aliphatic carbocycles. The van der Waals surface area contributed by atoms with Crippen LogP contribution in [0.3, 0.4) is 0 Å². The maximum absolute atomic E-state index is 10.8. The van der Waals surface area contributed by atoms with E-state index < -0.39 is 0 Å². The largest absolute Gasteiger partial charge is 0.327 e. The van der Waals surface area contributed by atoms with Crippen LogP contribution in [0.5, 0.6) is 5.19 Å². The molecule has 0 amide bonds. The molecule has 1 aromatic heterocycles. The van der Waals surface area contributed by atoms with Crippen LogP contribution in [-0.4, -0.2) is 4.98 Å². The summed E-state index contributed by atoms with van der Waals surface area (Å²) in [5, 5.41) is 13.2. The lowest BCUT2D eigenvalue weighted by Gasteiger charge is -1.94. The molecule has 1 heterocycles. The average Bonchev–Trinajstić information content (AvgIpc) is 2.53. The van der Waals surface area contributed by atoms with Gasteiger partial charge in [-0.05, 0) is 12.1 Å². The highest BCUT2D eigenvalue weighted by Gasteiger charge is 2.02. The smallest absolute Gasteiger partial charge is 0.255 e. The molecule has 2 nitrogen and oxygen atoms in total. The third kappa shape index (κ3) is 2.23. The first-order valence-corrected chi connectivity index (χ1v) is 5.39. The van der Waals surface area contributed by atoms with E-state index in [0.29, 0.717) is 0 Å². The van der Waals surface area contributed by atoms with E-state index in [4.69, 9.17) is 0 Å². The molecule has 0 atom stereocenters. The van der Waals surface area contributed by atoms with Crippen molar-refractivity contribution >= 4 is 23.1 Å². The quantitative estimate of drug-likeness (QED) is 0.757. The lowest BCUT2D eigenvalue weighted by Crippen LogP contribution is -1.70. The first-order chi connectivity index (χ1) is 6.34. The molecule has 1 aromatic carbocycles. The number of nitrogens with zero attached hydrogens (tertiary/aromatic N) is 1. The zero-order valence-corrected chi connectivity index (χ0v) is 8.27. The Morgan fingerprint density at radius 1 is 1.23 bits per heavy atom. The fraction of sp³-hybridized carbons (Fsp3) is 0. The molecule has 0 N–H and O–H groups in total. The van der Waals surface area contributed by atoms with E-state index in [1.165, 1.54) is 11.8 Å². The summed E-state index contributed by atoms with van der Waals surface area (Å²) in [6.45, 7) is 0. The molecule has 0 saturated carbocycles. The second kappa shape index (κ2) is 3.81. The van der Waals surface area contributed by atoms with Crippen molar-refractivity contribution in [2.75, 3.05) is 0 Å². The highest BCUT2D eigenvalue weighted by atomic mass is 32.2. The van der Waals surface area contributed by atoms with Crippen LogP contribution in [0.2, 0.25) is 0 Å². The van der Waals surface area contributed by atoms with Crippen LogP contribution < -0.4 is 0 Å². The molecular formula is C9H6NOS2. The van der Waals surface area contributed by atoms with E-state index in [1.54, 1.807) is 5.38 Å². The summed E-state index contributed by atoms with van der Waals surface area (Å²) >= 11 is 2.64. The lowest BCUT2D eigenvalue weighted by atomic mass is 10.4. The number of benzene rings is 1. The molecule has 1 radical (unpaired) electrons. The van der Waals surface area contributed by atoms with Gasteiger partial charge in [0.25, 0.3) is 0 Å². The standard InChI is InChI=1S/C9H6NOS2/c11-9-10-8(6-12-9)13-7-4-2-1-3-5-7/h1-6H. The fourth-order valence-electron chi connectivity index (χ4n) is 0.900. The van der Waals surface area contributed by atoms with Crippen LogP contribution in [0, 0.1) is 0 Å². The van der Waals surface area contributed by atoms with Crippen molar-refractivity contribution in [3.63, 3.8) is 0 Å². The van der Waals surface area contributed by atoms with Gasteiger partial charge in [-0.15, -0.1) is 0 Å². The molecule has 0 aliphatic rings. The van der Waals surface area contributed by atoms with Crippen LogP contribution in [-0.2, 0) is 5.11 Å². The van der Waals surface area contributed by atoms with Crippen molar-refractivity contribution in [3.8, 4) is 5.19 Å². The summed E-state index contributed by atoms with van der Waals surface area (Å²) in [5.41, 5.74) is 0. The molecule has 65 valence electrons. The summed E-state index contributed by atoms with van der Waals surface area (Å²) in [5.74, 6) is 0. The topological polar surface area (TPSA) is 32.8 Å². The van der Waals surface area contributed by atoms with Gasteiger partial charge in [0.1, 0.15) is 5.03 Å². The van der Waals surface area contributed by atoms with Crippen molar-refractivity contribution in [1.29, 1.82) is 0 Å². The van der Waals surface area contributed by atoms with E-state index in [-0.39, 0.29) is 5.19 Å². The van der Waals surface area contributed by atoms with Gasteiger partial charge in [-0.2, -0.15) is 4.98 Å². The molecule has 0 unspecified atom stereocenters. The molecule has 0 bridgehead atoms. The van der Waals surface area contributed by atoms with Crippen molar-refractivity contribution in [3.05, 3.63) is 35.7 Å². The molecule has 2 aromatic rings. The summed E-state index contributed by atoms with van der Waals surface area (Å²) in [7, 11) is 0. The Labute approximate surface area is 84.3 Å². The van der Waals surface area contributed by atoms with Gasteiger partial charge < -0.3 is 0 Å². The number of aromatic nitrogens is 1. The second-order valence-corrected chi connectivity index (χ2v) is 4.28. The van der Waals surface area contributed by atoms with Crippen LogP contribution >= 0.6 is 23.1 Å². The monoisotopic (exact) mass is 208 g/mol. The first-order valence-electron chi connectivity index (χ1n) is 3.70. The van der Waals surface area contributed by atoms with Gasteiger partial charge in [0, 0.05) is 10.3 Å². The number of rotatable bonds is 2. The van der Waals surface area contributed by atoms with E-state index in [9.17, 15) is 5.11 Å². The normalized spacial score (nSPS) is 10.2. The van der Waals surface area contributed by atoms with Gasteiger partial charge in [-0.3, -0.25) is 5.11 Å². The van der Waals surface area contributed by atoms with E-state index in [1.807, 2.05) is 30.3 Å². The minimum atomic E-state index is -0.126. The Bertz CT molecular complexity index is 386. The van der Waals surface area contributed by atoms with Crippen molar-refractivity contribution in [2.45, 2.75) is 9.92 Å². The van der Waals surface area contributed by atoms with Gasteiger partial charge in [-0.25, -0.2) is 0 Å². The number of hydrogen-bond donors (Lipinski definition) is 0. The third-order valence-corrected chi connectivity index (χ3v) is 3.14. The van der Waals surface area contributed by atoms with Crippen LogP contribution in [0.1, 0.15) is 0 Å². The summed E-state index contributed by atoms with van der Waals surface area (Å²) < 4.78 is 0. The Hall–Kier alpha value is -1.00. The van der Waals surface area contributed by atoms with Gasteiger partial charge in [0.15, 0.2) is 0 Å². The molecule has 0 spiro atoms. The Balaban J connectivity index is 2.15. The third-order valence-electron chi connectivity index (χ3n) is 1.43. The highest BCUT2D eigenvalue weighted by molar-refractivity contribution is 7.99. The van der Waals surface area contributed by atoms with Crippen molar-refractivity contribution in [1.82, 2.24) is 4.98 Å². The van der Waals surface area contributed by atoms with Crippen molar-refractivity contribution < 1.29 is 5.11 Å². The van der Waals surface area contributed by atoms with Gasteiger partial charge >= 0.3 is 5.19 Å². The SMILES string of the molecule is [O]c1nc(Sc2ccccc2)cs1. The Morgan fingerprint density at radius 2 is 2.00 bits per heavy atom. The molecule has 2 rings (SSSR count). The molecule has 0 saturated heterocycles. The lowest BCUT2D eigenvalue weighted by molar-refractivity contribution is 0.350. The van der Waals surface area contributed by atoms with Crippen molar-refractivity contribution in [2.24, 2.45) is 0 Å². The Morgan fingerprint density at radius 3 is 2.62 bits per heavy atom. The van der Waals surface area contributed by atoms with E-state index in [0.717, 1.165) is 21.3 Å². The average molecular weight is 208 g/mol.